The third kappa shape index (κ3) is 3.80. The second-order valence-corrected chi connectivity index (χ2v) is 6.18. The number of primary amides is 1. The van der Waals surface area contributed by atoms with Crippen LogP contribution in [0.25, 0.3) is 10.8 Å². The van der Waals surface area contributed by atoms with Gasteiger partial charge in [-0.05, 0) is 47.1 Å². The molecule has 3 rings (SSSR count). The third-order valence-corrected chi connectivity index (χ3v) is 4.37. The molecule has 0 heterocycles. The third-order valence-electron chi connectivity index (χ3n) is 4.37. The zero-order valence-corrected chi connectivity index (χ0v) is 14.5. The number of carbonyl (C=O) groups is 1. The van der Waals surface area contributed by atoms with Gasteiger partial charge in [-0.2, -0.15) is 0 Å². The number of methoxy groups -OCH3 is 1. The molecule has 0 bridgehead atoms. The topological polar surface area (TPSA) is 55.6 Å². The highest BCUT2D eigenvalue weighted by Crippen LogP contribution is 2.25. The lowest BCUT2D eigenvalue weighted by molar-refractivity contribution is -0.123. The first-order valence-electron chi connectivity index (χ1n) is 8.19. The molecule has 1 amide bonds. The minimum Gasteiger partial charge on any atom is -0.497 e. The number of ether oxygens (including phenoxy) is 1. The normalized spacial score (nSPS) is 12.3. The molecule has 0 aromatic heterocycles. The molecule has 3 aromatic rings. The van der Waals surface area contributed by atoms with E-state index in [1.807, 2.05) is 60.5 Å². The smallest absolute Gasteiger partial charge is 0.239 e. The molecule has 0 aliphatic carbocycles. The van der Waals surface area contributed by atoms with Gasteiger partial charge >= 0.3 is 0 Å². The van der Waals surface area contributed by atoms with Crippen molar-refractivity contribution < 1.29 is 9.53 Å². The minimum atomic E-state index is -0.451. The quantitative estimate of drug-likeness (QED) is 0.750. The Hall–Kier alpha value is -2.85. The fourth-order valence-electron chi connectivity index (χ4n) is 3.15. The summed E-state index contributed by atoms with van der Waals surface area (Å²) in [5.74, 6) is 0.495. The summed E-state index contributed by atoms with van der Waals surface area (Å²) in [7, 11) is 3.58. The number of amides is 1. The van der Waals surface area contributed by atoms with Crippen LogP contribution in [-0.4, -0.2) is 25.0 Å². The van der Waals surface area contributed by atoms with E-state index < -0.39 is 6.04 Å². The second-order valence-electron chi connectivity index (χ2n) is 6.18. The first-order chi connectivity index (χ1) is 12.1. The molecule has 3 aromatic carbocycles. The molecule has 1 atom stereocenters. The van der Waals surface area contributed by atoms with E-state index in [2.05, 4.69) is 18.2 Å². The molecule has 0 aliphatic rings. The molecule has 0 radical (unpaired) electrons. The molecule has 0 aliphatic heterocycles. The number of hydrogen-bond acceptors (Lipinski definition) is 3. The summed E-state index contributed by atoms with van der Waals surface area (Å²) in [6, 6.07) is 21.5. The maximum absolute atomic E-state index is 12.0. The number of hydrogen-bond donors (Lipinski definition) is 1. The van der Waals surface area contributed by atoms with Gasteiger partial charge in [-0.1, -0.05) is 48.5 Å². The Balaban J connectivity index is 1.85. The molecule has 4 nitrogen and oxygen atoms in total. The van der Waals surface area contributed by atoms with Crippen molar-refractivity contribution in [1.82, 2.24) is 4.90 Å². The molecule has 2 N–H and O–H groups in total. The number of fused-ring (bicyclic) bond motifs is 1. The van der Waals surface area contributed by atoms with Crippen LogP contribution in [0.4, 0.5) is 0 Å². The molecule has 25 heavy (non-hydrogen) atoms. The Bertz CT molecular complexity index is 877. The Kier molecular flexibility index (Phi) is 5.00. The van der Waals surface area contributed by atoms with Crippen LogP contribution in [0.3, 0.4) is 0 Å². The van der Waals surface area contributed by atoms with Crippen LogP contribution in [0.2, 0.25) is 0 Å². The van der Waals surface area contributed by atoms with E-state index in [9.17, 15) is 4.79 Å². The van der Waals surface area contributed by atoms with Gasteiger partial charge in [-0.15, -0.1) is 0 Å². The summed E-state index contributed by atoms with van der Waals surface area (Å²) in [4.78, 5) is 14.0. The number of likely N-dealkylation sites (N-methyl/N-ethyl adjacent to an activating group) is 1. The molecule has 4 heteroatoms. The van der Waals surface area contributed by atoms with E-state index in [1.165, 1.54) is 0 Å². The molecule has 0 fully saturated rings. The van der Waals surface area contributed by atoms with Gasteiger partial charge in [0.05, 0.1) is 7.11 Å². The zero-order valence-electron chi connectivity index (χ0n) is 14.5. The highest BCUT2D eigenvalue weighted by atomic mass is 16.5. The number of nitrogens with zero attached hydrogens (tertiary/aromatic N) is 1. The zero-order chi connectivity index (χ0) is 17.8. The summed E-state index contributed by atoms with van der Waals surface area (Å²) < 4.78 is 5.26. The number of rotatable bonds is 6. The number of nitrogens with two attached hydrogens (primary N) is 1. The average Bonchev–Trinajstić information content (AvgIpc) is 2.62. The van der Waals surface area contributed by atoms with Crippen molar-refractivity contribution in [2.75, 3.05) is 14.2 Å². The minimum absolute atomic E-state index is 0.348. The van der Waals surface area contributed by atoms with Gasteiger partial charge in [-0.25, -0.2) is 0 Å². The number of carbonyl (C=O) groups excluding carboxylic acids is 1. The lowest BCUT2D eigenvalue weighted by Crippen LogP contribution is -2.34. The molecular formula is C21H22N2O2. The van der Waals surface area contributed by atoms with Crippen LogP contribution in [0.15, 0.2) is 66.7 Å². The van der Waals surface area contributed by atoms with E-state index >= 15 is 0 Å². The summed E-state index contributed by atoms with van der Waals surface area (Å²) in [5.41, 5.74) is 7.68. The van der Waals surface area contributed by atoms with Crippen LogP contribution >= 0.6 is 0 Å². The van der Waals surface area contributed by atoms with Crippen LogP contribution in [0.5, 0.6) is 5.75 Å². The van der Waals surface area contributed by atoms with Gasteiger partial charge in [0.15, 0.2) is 0 Å². The summed E-state index contributed by atoms with van der Waals surface area (Å²) in [6.07, 6.45) is 0. The molecular weight excluding hydrogens is 312 g/mol. The monoisotopic (exact) mass is 334 g/mol. The first-order valence-corrected chi connectivity index (χ1v) is 8.19. The van der Waals surface area contributed by atoms with Gasteiger partial charge in [-0.3, -0.25) is 9.69 Å². The Morgan fingerprint density at radius 3 is 2.40 bits per heavy atom. The maximum atomic E-state index is 12.0. The maximum Gasteiger partial charge on any atom is 0.239 e. The van der Waals surface area contributed by atoms with Crippen molar-refractivity contribution in [3.05, 3.63) is 77.9 Å². The fourth-order valence-corrected chi connectivity index (χ4v) is 3.15. The van der Waals surface area contributed by atoms with Crippen LogP contribution in [0, 0.1) is 0 Å². The summed E-state index contributed by atoms with van der Waals surface area (Å²) in [5, 5.41) is 2.27. The van der Waals surface area contributed by atoms with E-state index in [0.29, 0.717) is 6.54 Å². The van der Waals surface area contributed by atoms with Crippen molar-refractivity contribution in [2.45, 2.75) is 12.6 Å². The van der Waals surface area contributed by atoms with Crippen molar-refractivity contribution in [2.24, 2.45) is 5.73 Å². The molecule has 1 unspecified atom stereocenters. The van der Waals surface area contributed by atoms with E-state index in [0.717, 1.165) is 27.6 Å². The average molecular weight is 334 g/mol. The van der Waals surface area contributed by atoms with Crippen molar-refractivity contribution in [3.8, 4) is 5.75 Å². The van der Waals surface area contributed by atoms with Crippen LogP contribution in [-0.2, 0) is 11.3 Å². The van der Waals surface area contributed by atoms with Gasteiger partial charge in [0.2, 0.25) is 5.91 Å². The largest absolute Gasteiger partial charge is 0.497 e. The first kappa shape index (κ1) is 17.0. The highest BCUT2D eigenvalue weighted by Gasteiger charge is 2.22. The SMILES string of the molecule is COc1ccc2cc(CN(C)C(C(N)=O)c3ccccc3)ccc2c1. The van der Waals surface area contributed by atoms with Gasteiger partial charge in [0, 0.05) is 6.54 Å². The summed E-state index contributed by atoms with van der Waals surface area (Å²) in [6.45, 7) is 0.629. The highest BCUT2D eigenvalue weighted by molar-refractivity contribution is 5.84. The Morgan fingerprint density at radius 2 is 1.72 bits per heavy atom. The van der Waals surface area contributed by atoms with Gasteiger partial charge in [0.1, 0.15) is 11.8 Å². The number of benzene rings is 3. The van der Waals surface area contributed by atoms with Gasteiger partial charge < -0.3 is 10.5 Å². The predicted molar refractivity (Wildman–Crippen MR) is 100 cm³/mol. The van der Waals surface area contributed by atoms with Crippen molar-refractivity contribution in [3.63, 3.8) is 0 Å². The van der Waals surface area contributed by atoms with E-state index in [1.54, 1.807) is 7.11 Å². The Labute approximate surface area is 147 Å². The van der Waals surface area contributed by atoms with Gasteiger partial charge in [0.25, 0.3) is 0 Å². The molecule has 0 saturated carbocycles. The Morgan fingerprint density at radius 1 is 1.04 bits per heavy atom. The van der Waals surface area contributed by atoms with Crippen molar-refractivity contribution >= 4 is 16.7 Å². The van der Waals surface area contributed by atoms with Crippen LogP contribution in [0.1, 0.15) is 17.2 Å². The summed E-state index contributed by atoms with van der Waals surface area (Å²) >= 11 is 0. The second kappa shape index (κ2) is 7.36. The molecule has 128 valence electrons. The fraction of sp³-hybridized carbons (Fsp3) is 0.190. The lowest BCUT2D eigenvalue weighted by atomic mass is 10.0. The van der Waals surface area contributed by atoms with E-state index in [-0.39, 0.29) is 5.91 Å². The van der Waals surface area contributed by atoms with E-state index in [4.69, 9.17) is 10.5 Å². The van der Waals surface area contributed by atoms with Crippen molar-refractivity contribution in [1.29, 1.82) is 0 Å². The molecule has 0 saturated heterocycles. The lowest BCUT2D eigenvalue weighted by Gasteiger charge is -2.26. The predicted octanol–water partition coefficient (Wildman–Crippen LogP) is 3.51. The standard InChI is InChI=1S/C21H22N2O2/c1-23(20(21(22)24)16-6-4-3-5-7-16)14-15-8-9-18-13-19(25-2)11-10-17(18)12-15/h3-13,20H,14H2,1-2H3,(H2,22,24). The molecule has 0 spiro atoms. The van der Waals surface area contributed by atoms with Crippen LogP contribution < -0.4 is 10.5 Å².